The second-order valence-electron chi connectivity index (χ2n) is 9.05. The number of likely N-dealkylation sites (tertiary alicyclic amines) is 1. The molecule has 0 amide bonds. The van der Waals surface area contributed by atoms with Crippen LogP contribution in [-0.2, 0) is 9.47 Å². The van der Waals surface area contributed by atoms with Gasteiger partial charge in [0.15, 0.2) is 0 Å². The Morgan fingerprint density at radius 2 is 1.31 bits per heavy atom. The minimum atomic E-state index is 0.345. The number of hydrogen-bond donors (Lipinski definition) is 0. The van der Waals surface area contributed by atoms with Gasteiger partial charge in [-0.15, -0.1) is 0 Å². The van der Waals surface area contributed by atoms with E-state index in [2.05, 4.69) is 42.4 Å². The minimum Gasteiger partial charge on any atom is -0.375 e. The van der Waals surface area contributed by atoms with E-state index in [0.717, 1.165) is 12.8 Å². The molecule has 2 saturated heterocycles. The zero-order valence-corrected chi connectivity index (χ0v) is 17.5. The zero-order valence-electron chi connectivity index (χ0n) is 17.5. The first-order chi connectivity index (χ1) is 12.5. The highest BCUT2D eigenvalue weighted by atomic mass is 16.5. The molecule has 26 heavy (non-hydrogen) atoms. The Balaban J connectivity index is 1.23. The van der Waals surface area contributed by atoms with Gasteiger partial charge in [-0.3, -0.25) is 9.80 Å². The molecule has 0 aromatic heterocycles. The summed E-state index contributed by atoms with van der Waals surface area (Å²) in [7, 11) is 0. The van der Waals surface area contributed by atoms with Crippen LogP contribution in [0, 0.1) is 0 Å². The third-order valence-corrected chi connectivity index (χ3v) is 6.31. The highest BCUT2D eigenvalue weighted by molar-refractivity contribution is 4.84. The first kappa shape index (κ1) is 20.5. The fourth-order valence-corrected chi connectivity index (χ4v) is 4.45. The fraction of sp³-hybridized carbons (Fsp3) is 1.00. The van der Waals surface area contributed by atoms with Gasteiger partial charge in [-0.25, -0.2) is 0 Å². The van der Waals surface area contributed by atoms with E-state index in [9.17, 15) is 0 Å². The molecule has 3 fully saturated rings. The Bertz CT molecular complexity index is 396. The van der Waals surface area contributed by atoms with Crippen LogP contribution in [0.4, 0.5) is 0 Å². The lowest BCUT2D eigenvalue weighted by Gasteiger charge is -2.41. The van der Waals surface area contributed by atoms with E-state index >= 15 is 0 Å². The monoisotopic (exact) mass is 367 g/mol. The van der Waals surface area contributed by atoms with E-state index in [4.69, 9.17) is 9.47 Å². The average Bonchev–Trinajstić information content (AvgIpc) is 2.59. The Kier molecular flexibility index (Phi) is 7.76. The summed E-state index contributed by atoms with van der Waals surface area (Å²) in [5.41, 5.74) is 0. The predicted molar refractivity (Wildman–Crippen MR) is 107 cm³/mol. The molecular formula is C21H41N3O2. The van der Waals surface area contributed by atoms with E-state index in [1.807, 2.05) is 0 Å². The highest BCUT2D eigenvalue weighted by Crippen LogP contribution is 2.30. The summed E-state index contributed by atoms with van der Waals surface area (Å²) in [6, 6.07) is 0.694. The van der Waals surface area contributed by atoms with Crippen LogP contribution in [0.5, 0.6) is 0 Å². The van der Waals surface area contributed by atoms with E-state index in [-0.39, 0.29) is 0 Å². The SMILES string of the molecule is CC(C)OC1CC(OC2CCN(CCN3CCN(C(C)C)CC3)CC2)C1. The van der Waals surface area contributed by atoms with Gasteiger partial charge in [0, 0.05) is 58.4 Å². The number of piperidine rings is 1. The second kappa shape index (κ2) is 9.83. The standard InChI is InChI=1S/C21H41N3O2/c1-17(2)24-13-11-23(12-14-24)10-9-22-7-5-19(6-8-22)26-21-15-20(16-21)25-18(3)4/h17-21H,5-16H2,1-4H3. The van der Waals surface area contributed by atoms with Crippen molar-refractivity contribution >= 4 is 0 Å². The van der Waals surface area contributed by atoms with Crippen LogP contribution >= 0.6 is 0 Å². The lowest BCUT2D eigenvalue weighted by atomic mass is 9.91. The molecule has 152 valence electrons. The molecule has 0 radical (unpaired) electrons. The topological polar surface area (TPSA) is 28.2 Å². The van der Waals surface area contributed by atoms with Gasteiger partial charge in [-0.2, -0.15) is 0 Å². The molecule has 5 heteroatoms. The first-order valence-corrected chi connectivity index (χ1v) is 11.0. The van der Waals surface area contributed by atoms with Gasteiger partial charge in [0.05, 0.1) is 24.4 Å². The zero-order chi connectivity index (χ0) is 18.5. The maximum absolute atomic E-state index is 6.29. The van der Waals surface area contributed by atoms with E-state index < -0.39 is 0 Å². The summed E-state index contributed by atoms with van der Waals surface area (Å²) in [6.07, 6.45) is 6.31. The maximum atomic E-state index is 6.29. The van der Waals surface area contributed by atoms with Crippen molar-refractivity contribution in [2.24, 2.45) is 0 Å². The molecule has 1 saturated carbocycles. The smallest absolute Gasteiger partial charge is 0.0628 e. The molecule has 3 rings (SSSR count). The summed E-state index contributed by atoms with van der Waals surface area (Å²) in [4.78, 5) is 7.88. The van der Waals surface area contributed by atoms with E-state index in [1.54, 1.807) is 0 Å². The van der Waals surface area contributed by atoms with Gasteiger partial charge >= 0.3 is 0 Å². The molecule has 0 atom stereocenters. The van der Waals surface area contributed by atoms with Gasteiger partial charge in [0.25, 0.3) is 0 Å². The Morgan fingerprint density at radius 3 is 1.85 bits per heavy atom. The maximum Gasteiger partial charge on any atom is 0.0628 e. The molecule has 0 N–H and O–H groups in total. The normalized spacial score (nSPS) is 30.2. The van der Waals surface area contributed by atoms with Crippen LogP contribution in [0.15, 0.2) is 0 Å². The van der Waals surface area contributed by atoms with Crippen LogP contribution in [0.3, 0.4) is 0 Å². The number of piperazine rings is 1. The number of rotatable bonds is 8. The summed E-state index contributed by atoms with van der Waals surface area (Å²) < 4.78 is 12.1. The average molecular weight is 368 g/mol. The lowest BCUT2D eigenvalue weighted by molar-refractivity contribution is -0.146. The third kappa shape index (κ3) is 6.16. The molecule has 5 nitrogen and oxygen atoms in total. The van der Waals surface area contributed by atoms with E-state index in [0.29, 0.717) is 30.5 Å². The summed E-state index contributed by atoms with van der Waals surface area (Å²) in [5.74, 6) is 0. The van der Waals surface area contributed by atoms with Crippen molar-refractivity contribution in [2.45, 2.75) is 83.8 Å². The van der Waals surface area contributed by atoms with Crippen molar-refractivity contribution in [2.75, 3.05) is 52.4 Å². The van der Waals surface area contributed by atoms with Crippen molar-refractivity contribution in [3.05, 3.63) is 0 Å². The highest BCUT2D eigenvalue weighted by Gasteiger charge is 2.34. The van der Waals surface area contributed by atoms with Crippen LogP contribution < -0.4 is 0 Å². The van der Waals surface area contributed by atoms with Crippen LogP contribution in [0.1, 0.15) is 53.4 Å². The van der Waals surface area contributed by atoms with Crippen molar-refractivity contribution in [1.82, 2.24) is 14.7 Å². The van der Waals surface area contributed by atoms with Crippen molar-refractivity contribution < 1.29 is 9.47 Å². The fourth-order valence-electron chi connectivity index (χ4n) is 4.45. The molecule has 0 unspecified atom stereocenters. The van der Waals surface area contributed by atoms with Gasteiger partial charge in [-0.05, 0) is 53.4 Å². The molecule has 2 heterocycles. The molecule has 0 bridgehead atoms. The lowest BCUT2D eigenvalue weighted by Crippen LogP contribution is -2.51. The largest absolute Gasteiger partial charge is 0.375 e. The van der Waals surface area contributed by atoms with Gasteiger partial charge < -0.3 is 14.4 Å². The third-order valence-electron chi connectivity index (χ3n) is 6.31. The van der Waals surface area contributed by atoms with Crippen molar-refractivity contribution in [1.29, 1.82) is 0 Å². The quantitative estimate of drug-likeness (QED) is 0.657. The van der Waals surface area contributed by atoms with Gasteiger partial charge in [0.1, 0.15) is 0 Å². The Morgan fingerprint density at radius 1 is 0.731 bits per heavy atom. The summed E-state index contributed by atoms with van der Waals surface area (Å²) in [6.45, 7) is 18.7. The minimum absolute atomic E-state index is 0.345. The van der Waals surface area contributed by atoms with Crippen molar-refractivity contribution in [3.63, 3.8) is 0 Å². The van der Waals surface area contributed by atoms with Gasteiger partial charge in [-0.1, -0.05) is 0 Å². The van der Waals surface area contributed by atoms with Gasteiger partial charge in [0.2, 0.25) is 0 Å². The van der Waals surface area contributed by atoms with Crippen LogP contribution in [-0.4, -0.2) is 97.5 Å². The summed E-state index contributed by atoms with van der Waals surface area (Å²) >= 11 is 0. The molecule has 0 spiro atoms. The Hall–Kier alpha value is -0.200. The van der Waals surface area contributed by atoms with Crippen LogP contribution in [0.2, 0.25) is 0 Å². The van der Waals surface area contributed by atoms with E-state index in [1.165, 1.54) is 65.2 Å². The molecular weight excluding hydrogens is 326 g/mol. The molecule has 2 aliphatic heterocycles. The Labute approximate surface area is 161 Å². The predicted octanol–water partition coefficient (Wildman–Crippen LogP) is 2.45. The first-order valence-electron chi connectivity index (χ1n) is 11.0. The number of hydrogen-bond acceptors (Lipinski definition) is 5. The molecule has 0 aromatic carbocycles. The molecule has 1 aliphatic carbocycles. The second-order valence-corrected chi connectivity index (χ2v) is 9.05. The summed E-state index contributed by atoms with van der Waals surface area (Å²) in [5, 5.41) is 0. The van der Waals surface area contributed by atoms with Crippen molar-refractivity contribution in [3.8, 4) is 0 Å². The molecule has 0 aromatic rings. The number of nitrogens with zero attached hydrogens (tertiary/aromatic N) is 3. The van der Waals surface area contributed by atoms with Crippen LogP contribution in [0.25, 0.3) is 0 Å². The number of ether oxygens (including phenoxy) is 2. The molecule has 3 aliphatic rings.